The van der Waals surface area contributed by atoms with Crippen LogP contribution in [0.1, 0.15) is 57.6 Å². The minimum absolute atomic E-state index is 0.0161. The summed E-state index contributed by atoms with van der Waals surface area (Å²) >= 11 is 0. The smallest absolute Gasteiger partial charge is 0.311 e. The number of ether oxygens (including phenoxy) is 2. The van der Waals surface area contributed by atoms with E-state index in [1.165, 1.54) is 5.56 Å². The summed E-state index contributed by atoms with van der Waals surface area (Å²) in [6, 6.07) is 17.8. The molecule has 2 rings (SSSR count). The van der Waals surface area contributed by atoms with Crippen LogP contribution in [0.25, 0.3) is 0 Å². The number of unbranched alkanes of at least 4 members (excludes halogenated alkanes) is 1. The van der Waals surface area contributed by atoms with Gasteiger partial charge in [0.2, 0.25) is 0 Å². The third kappa shape index (κ3) is 6.24. The average Bonchev–Trinajstić information content (AvgIpc) is 2.68. The first-order chi connectivity index (χ1) is 12.9. The molecule has 0 unspecified atom stereocenters. The molecule has 0 bridgehead atoms. The Morgan fingerprint density at radius 1 is 0.852 bits per heavy atom. The van der Waals surface area contributed by atoms with Gasteiger partial charge in [0.25, 0.3) is 0 Å². The van der Waals surface area contributed by atoms with Crippen molar-refractivity contribution < 1.29 is 19.1 Å². The summed E-state index contributed by atoms with van der Waals surface area (Å²) in [5, 5.41) is 0. The predicted molar refractivity (Wildman–Crippen MR) is 106 cm³/mol. The first kappa shape index (κ1) is 20.7. The number of hydrogen-bond acceptors (Lipinski definition) is 4. The van der Waals surface area contributed by atoms with E-state index in [-0.39, 0.29) is 24.2 Å². The second-order valence-corrected chi connectivity index (χ2v) is 7.06. The maximum atomic E-state index is 11.9. The van der Waals surface area contributed by atoms with Crippen molar-refractivity contribution in [2.24, 2.45) is 0 Å². The normalized spacial score (nSPS) is 11.1. The maximum Gasteiger partial charge on any atom is 0.311 e. The van der Waals surface area contributed by atoms with Crippen molar-refractivity contribution >= 4 is 11.9 Å². The van der Waals surface area contributed by atoms with Crippen molar-refractivity contribution in [1.82, 2.24) is 0 Å². The second kappa shape index (κ2) is 9.91. The van der Waals surface area contributed by atoms with Crippen LogP contribution in [-0.4, -0.2) is 18.5 Å². The fraction of sp³-hybridized carbons (Fsp3) is 0.391. The van der Waals surface area contributed by atoms with Gasteiger partial charge in [-0.25, -0.2) is 0 Å². The Kier molecular flexibility index (Phi) is 7.59. The quantitative estimate of drug-likeness (QED) is 0.353. The molecule has 4 heteroatoms. The van der Waals surface area contributed by atoms with Crippen LogP contribution in [0.4, 0.5) is 0 Å². The lowest BCUT2D eigenvalue weighted by atomic mass is 9.78. The van der Waals surface area contributed by atoms with Crippen molar-refractivity contribution in [2.45, 2.75) is 51.9 Å². The van der Waals surface area contributed by atoms with Crippen molar-refractivity contribution in [1.29, 1.82) is 0 Å². The lowest BCUT2D eigenvalue weighted by molar-refractivity contribution is -0.147. The standard InChI is InChI=1S/C23H28O4/c1-4-5-17-26-21(24)15-16-22(25)27-20-13-11-19(12-14-20)23(2,3)18-9-7-6-8-10-18/h6-14H,4-5,15-17H2,1-3H3. The highest BCUT2D eigenvalue weighted by Crippen LogP contribution is 2.32. The molecule has 27 heavy (non-hydrogen) atoms. The van der Waals surface area contributed by atoms with Gasteiger partial charge < -0.3 is 9.47 Å². The molecule has 2 aromatic rings. The molecule has 0 amide bonds. The molecular formula is C23H28O4. The van der Waals surface area contributed by atoms with Crippen molar-refractivity contribution in [3.05, 3.63) is 65.7 Å². The Balaban J connectivity index is 1.88. The highest BCUT2D eigenvalue weighted by Gasteiger charge is 2.22. The second-order valence-electron chi connectivity index (χ2n) is 7.06. The number of carbonyl (C=O) groups is 2. The Bertz CT molecular complexity index is 733. The zero-order valence-corrected chi connectivity index (χ0v) is 16.4. The molecule has 0 aliphatic carbocycles. The van der Waals surface area contributed by atoms with E-state index in [2.05, 4.69) is 26.0 Å². The number of carbonyl (C=O) groups excluding carboxylic acids is 2. The van der Waals surface area contributed by atoms with Gasteiger partial charge in [-0.3, -0.25) is 9.59 Å². The van der Waals surface area contributed by atoms with Gasteiger partial charge in [-0.2, -0.15) is 0 Å². The number of esters is 2. The lowest BCUT2D eigenvalue weighted by Gasteiger charge is -2.26. The van der Waals surface area contributed by atoms with Crippen LogP contribution in [0.5, 0.6) is 5.75 Å². The predicted octanol–water partition coefficient (Wildman–Crippen LogP) is 5.04. The molecule has 0 fully saturated rings. The molecule has 2 aromatic carbocycles. The fourth-order valence-corrected chi connectivity index (χ4v) is 2.75. The monoisotopic (exact) mass is 368 g/mol. The SMILES string of the molecule is CCCCOC(=O)CCC(=O)Oc1ccc(C(C)(C)c2ccccc2)cc1. The summed E-state index contributed by atoms with van der Waals surface area (Å²) in [7, 11) is 0. The van der Waals surface area contributed by atoms with Gasteiger partial charge in [0.05, 0.1) is 19.4 Å². The average molecular weight is 368 g/mol. The minimum Gasteiger partial charge on any atom is -0.466 e. The molecule has 0 spiro atoms. The topological polar surface area (TPSA) is 52.6 Å². The first-order valence-corrected chi connectivity index (χ1v) is 9.46. The molecule has 0 saturated heterocycles. The number of rotatable bonds is 9. The Labute approximate surface area is 161 Å². The van der Waals surface area contributed by atoms with Gasteiger partial charge in [-0.1, -0.05) is 69.7 Å². The van der Waals surface area contributed by atoms with E-state index in [1.807, 2.05) is 37.3 Å². The number of benzene rings is 2. The summed E-state index contributed by atoms with van der Waals surface area (Å²) in [5.74, 6) is -0.315. The van der Waals surface area contributed by atoms with Gasteiger partial charge >= 0.3 is 11.9 Å². The summed E-state index contributed by atoms with van der Waals surface area (Å²) < 4.78 is 10.3. The molecule has 0 aromatic heterocycles. The third-order valence-corrected chi connectivity index (χ3v) is 4.60. The van der Waals surface area contributed by atoms with Gasteiger partial charge in [0.1, 0.15) is 5.75 Å². The van der Waals surface area contributed by atoms with Crippen LogP contribution in [-0.2, 0) is 19.7 Å². The molecule has 4 nitrogen and oxygen atoms in total. The van der Waals surface area contributed by atoms with Crippen molar-refractivity contribution in [3.63, 3.8) is 0 Å². The van der Waals surface area contributed by atoms with Crippen LogP contribution in [0.2, 0.25) is 0 Å². The van der Waals surface area contributed by atoms with Gasteiger partial charge in [-0.15, -0.1) is 0 Å². The molecule has 0 aliphatic heterocycles. The van der Waals surface area contributed by atoms with Crippen LogP contribution in [0.15, 0.2) is 54.6 Å². The zero-order chi connectivity index (χ0) is 19.7. The van der Waals surface area contributed by atoms with Crippen LogP contribution in [0, 0.1) is 0 Å². The third-order valence-electron chi connectivity index (χ3n) is 4.60. The molecule has 0 atom stereocenters. The van der Waals surface area contributed by atoms with Crippen molar-refractivity contribution in [3.8, 4) is 5.75 Å². The summed E-state index contributed by atoms with van der Waals surface area (Å²) in [5.41, 5.74) is 2.20. The molecule has 0 heterocycles. The highest BCUT2D eigenvalue weighted by atomic mass is 16.5. The first-order valence-electron chi connectivity index (χ1n) is 9.46. The van der Waals surface area contributed by atoms with Gasteiger partial charge in [-0.05, 0) is 29.7 Å². The Morgan fingerprint density at radius 3 is 2.07 bits per heavy atom. The van der Waals surface area contributed by atoms with E-state index >= 15 is 0 Å². The van der Waals surface area contributed by atoms with Gasteiger partial charge in [0.15, 0.2) is 0 Å². The lowest BCUT2D eigenvalue weighted by Crippen LogP contribution is -2.18. The summed E-state index contributed by atoms with van der Waals surface area (Å²) in [6.45, 7) is 6.75. The highest BCUT2D eigenvalue weighted by molar-refractivity contribution is 5.79. The van der Waals surface area contributed by atoms with Gasteiger partial charge in [0, 0.05) is 5.41 Å². The van der Waals surface area contributed by atoms with E-state index in [9.17, 15) is 9.59 Å². The summed E-state index contributed by atoms with van der Waals surface area (Å²) in [4.78, 5) is 23.5. The minimum atomic E-state index is -0.433. The molecule has 0 aliphatic rings. The Morgan fingerprint density at radius 2 is 1.44 bits per heavy atom. The van der Waals surface area contributed by atoms with Crippen LogP contribution in [0.3, 0.4) is 0 Å². The zero-order valence-electron chi connectivity index (χ0n) is 16.4. The van der Waals surface area contributed by atoms with E-state index < -0.39 is 5.97 Å². The molecule has 0 N–H and O–H groups in total. The molecule has 144 valence electrons. The molecule has 0 saturated carbocycles. The molecule has 0 radical (unpaired) electrons. The van der Waals surface area contributed by atoms with Crippen molar-refractivity contribution in [2.75, 3.05) is 6.61 Å². The summed E-state index contributed by atoms with van der Waals surface area (Å²) in [6.07, 6.45) is 1.86. The Hall–Kier alpha value is -2.62. The van der Waals surface area contributed by atoms with E-state index in [0.29, 0.717) is 12.4 Å². The van der Waals surface area contributed by atoms with Crippen LogP contribution < -0.4 is 4.74 Å². The van der Waals surface area contributed by atoms with E-state index in [0.717, 1.165) is 18.4 Å². The van der Waals surface area contributed by atoms with E-state index in [4.69, 9.17) is 9.47 Å². The van der Waals surface area contributed by atoms with E-state index in [1.54, 1.807) is 12.1 Å². The van der Waals surface area contributed by atoms with Crippen LogP contribution >= 0.6 is 0 Å². The molecular weight excluding hydrogens is 340 g/mol. The fourth-order valence-electron chi connectivity index (χ4n) is 2.75. The maximum absolute atomic E-state index is 11.9. The largest absolute Gasteiger partial charge is 0.466 e. The number of hydrogen-bond donors (Lipinski definition) is 0.